The van der Waals surface area contributed by atoms with E-state index in [-0.39, 0.29) is 0 Å². The van der Waals surface area contributed by atoms with Crippen molar-refractivity contribution in [2.45, 2.75) is 52.9 Å². The van der Waals surface area contributed by atoms with Crippen LogP contribution in [-0.2, 0) is 4.79 Å². The molecule has 1 saturated carbocycles. The Morgan fingerprint density at radius 3 is 2.35 bits per heavy atom. The smallest absolute Gasteiger partial charge is 0.310 e. The molecule has 1 aliphatic carbocycles. The lowest BCUT2D eigenvalue weighted by Gasteiger charge is -2.39. The summed E-state index contributed by atoms with van der Waals surface area (Å²) in [6.45, 7) is 9.21. The van der Waals surface area contributed by atoms with Crippen molar-refractivity contribution < 1.29 is 9.90 Å². The van der Waals surface area contributed by atoms with E-state index in [0.717, 1.165) is 51.7 Å². The molecule has 1 rings (SSSR count). The minimum absolute atomic E-state index is 0.475. The average Bonchev–Trinajstić information content (AvgIpc) is 2.31. The maximum absolute atomic E-state index is 11.6. The van der Waals surface area contributed by atoms with Gasteiger partial charge >= 0.3 is 5.97 Å². The second-order valence-corrected chi connectivity index (χ2v) is 5.64. The lowest BCUT2D eigenvalue weighted by molar-refractivity contribution is -0.153. The number of hydrogen-bond donors (Lipinski definition) is 1. The highest BCUT2D eigenvalue weighted by Crippen LogP contribution is 2.39. The first kappa shape index (κ1) is 14.5. The van der Waals surface area contributed by atoms with Crippen LogP contribution in [0.15, 0.2) is 0 Å². The van der Waals surface area contributed by atoms with Gasteiger partial charge in [0.1, 0.15) is 0 Å². The molecule has 0 saturated heterocycles. The number of carboxylic acid groups (broad SMARTS) is 1. The Bertz CT molecular complexity index is 245. The molecule has 0 spiro atoms. The molecule has 0 aliphatic heterocycles. The zero-order chi connectivity index (χ0) is 12.9. The average molecular weight is 241 g/mol. The van der Waals surface area contributed by atoms with Crippen LogP contribution in [0.4, 0.5) is 0 Å². The minimum atomic E-state index is -0.584. The van der Waals surface area contributed by atoms with Crippen molar-refractivity contribution in [3.8, 4) is 0 Å². The molecule has 0 bridgehead atoms. The molecule has 0 aromatic heterocycles. The van der Waals surface area contributed by atoms with E-state index in [1.807, 2.05) is 0 Å². The van der Waals surface area contributed by atoms with Gasteiger partial charge in [-0.05, 0) is 51.1 Å². The van der Waals surface area contributed by atoms with Crippen molar-refractivity contribution in [3.05, 3.63) is 0 Å². The lowest BCUT2D eigenvalue weighted by Crippen LogP contribution is -2.45. The molecule has 0 atom stereocenters. The Morgan fingerprint density at radius 1 is 1.35 bits per heavy atom. The van der Waals surface area contributed by atoms with Gasteiger partial charge in [-0.3, -0.25) is 4.79 Å². The second-order valence-electron chi connectivity index (χ2n) is 5.64. The van der Waals surface area contributed by atoms with Crippen LogP contribution in [0.1, 0.15) is 52.9 Å². The molecule has 100 valence electrons. The Kier molecular flexibility index (Phi) is 5.44. The Hall–Kier alpha value is -0.570. The Balaban J connectivity index is 2.68. The zero-order valence-corrected chi connectivity index (χ0v) is 11.5. The fraction of sp³-hybridized carbons (Fsp3) is 0.929. The zero-order valence-electron chi connectivity index (χ0n) is 11.5. The van der Waals surface area contributed by atoms with Crippen LogP contribution in [0.25, 0.3) is 0 Å². The maximum Gasteiger partial charge on any atom is 0.310 e. The SMILES string of the molecule is CCCN(CC)CC1(C(=O)O)CCC(C)CC1. The fourth-order valence-corrected chi connectivity index (χ4v) is 2.85. The summed E-state index contributed by atoms with van der Waals surface area (Å²) >= 11 is 0. The number of carbonyl (C=O) groups is 1. The van der Waals surface area contributed by atoms with Gasteiger partial charge in [-0.2, -0.15) is 0 Å². The van der Waals surface area contributed by atoms with Crippen LogP contribution in [0.3, 0.4) is 0 Å². The summed E-state index contributed by atoms with van der Waals surface area (Å²) in [7, 11) is 0. The topological polar surface area (TPSA) is 40.5 Å². The van der Waals surface area contributed by atoms with Crippen molar-refractivity contribution in [2.24, 2.45) is 11.3 Å². The second kappa shape index (κ2) is 6.39. The highest BCUT2D eigenvalue weighted by Gasteiger charge is 2.42. The molecule has 1 fully saturated rings. The Morgan fingerprint density at radius 2 is 1.94 bits per heavy atom. The van der Waals surface area contributed by atoms with Crippen LogP contribution < -0.4 is 0 Å². The monoisotopic (exact) mass is 241 g/mol. The highest BCUT2D eigenvalue weighted by molar-refractivity contribution is 5.75. The predicted octanol–water partition coefficient (Wildman–Crippen LogP) is 3.00. The lowest BCUT2D eigenvalue weighted by atomic mass is 9.70. The molecular weight excluding hydrogens is 214 g/mol. The van der Waals surface area contributed by atoms with Crippen LogP contribution in [0.5, 0.6) is 0 Å². The Labute approximate surface area is 105 Å². The summed E-state index contributed by atoms with van der Waals surface area (Å²) in [6.07, 6.45) is 4.93. The van der Waals surface area contributed by atoms with Gasteiger partial charge in [0.25, 0.3) is 0 Å². The van der Waals surface area contributed by atoms with Gasteiger partial charge in [0, 0.05) is 6.54 Å². The molecule has 0 radical (unpaired) electrons. The first-order valence-corrected chi connectivity index (χ1v) is 7.00. The molecule has 3 nitrogen and oxygen atoms in total. The minimum Gasteiger partial charge on any atom is -0.481 e. The normalized spacial score (nSPS) is 29.5. The van der Waals surface area contributed by atoms with Crippen molar-refractivity contribution in [1.82, 2.24) is 4.90 Å². The summed E-state index contributed by atoms with van der Waals surface area (Å²) in [5.74, 6) is 0.114. The van der Waals surface area contributed by atoms with Crippen LogP contribution in [-0.4, -0.2) is 35.6 Å². The third kappa shape index (κ3) is 3.70. The quantitative estimate of drug-likeness (QED) is 0.777. The van der Waals surface area contributed by atoms with Gasteiger partial charge in [0.05, 0.1) is 5.41 Å². The highest BCUT2D eigenvalue weighted by atomic mass is 16.4. The number of rotatable bonds is 6. The molecule has 0 unspecified atom stereocenters. The van der Waals surface area contributed by atoms with Crippen molar-refractivity contribution in [3.63, 3.8) is 0 Å². The number of hydrogen-bond acceptors (Lipinski definition) is 2. The standard InChI is InChI=1S/C14H27NO2/c1-4-10-15(5-2)11-14(13(16)17)8-6-12(3)7-9-14/h12H,4-11H2,1-3H3,(H,16,17). The van der Waals surface area contributed by atoms with Gasteiger partial charge < -0.3 is 10.0 Å². The van der Waals surface area contributed by atoms with Gasteiger partial charge in [-0.1, -0.05) is 20.8 Å². The molecule has 3 heteroatoms. The summed E-state index contributed by atoms with van der Waals surface area (Å²) in [5, 5.41) is 9.56. The number of aliphatic carboxylic acids is 1. The molecule has 1 N–H and O–H groups in total. The molecule has 17 heavy (non-hydrogen) atoms. The van der Waals surface area contributed by atoms with E-state index in [9.17, 15) is 9.90 Å². The van der Waals surface area contributed by atoms with Gasteiger partial charge in [-0.15, -0.1) is 0 Å². The van der Waals surface area contributed by atoms with Crippen LogP contribution in [0, 0.1) is 11.3 Å². The molecule has 0 aromatic rings. The first-order valence-electron chi connectivity index (χ1n) is 7.00. The van der Waals surface area contributed by atoms with Crippen LogP contribution in [0.2, 0.25) is 0 Å². The van der Waals surface area contributed by atoms with E-state index in [1.54, 1.807) is 0 Å². The summed E-state index contributed by atoms with van der Waals surface area (Å²) in [4.78, 5) is 13.9. The summed E-state index contributed by atoms with van der Waals surface area (Å²) in [5.41, 5.74) is -0.475. The maximum atomic E-state index is 11.6. The van der Waals surface area contributed by atoms with Gasteiger partial charge in [0.2, 0.25) is 0 Å². The molecule has 0 amide bonds. The van der Waals surface area contributed by atoms with Gasteiger partial charge in [-0.25, -0.2) is 0 Å². The third-order valence-electron chi connectivity index (χ3n) is 4.20. The predicted molar refractivity (Wildman–Crippen MR) is 70.1 cm³/mol. The van der Waals surface area contributed by atoms with Crippen molar-refractivity contribution >= 4 is 5.97 Å². The van der Waals surface area contributed by atoms with E-state index in [1.165, 1.54) is 0 Å². The fourth-order valence-electron chi connectivity index (χ4n) is 2.85. The first-order chi connectivity index (χ1) is 8.04. The van der Waals surface area contributed by atoms with Crippen LogP contribution >= 0.6 is 0 Å². The molecule has 0 heterocycles. The van der Waals surface area contributed by atoms with E-state index >= 15 is 0 Å². The van der Waals surface area contributed by atoms with E-state index < -0.39 is 11.4 Å². The summed E-state index contributed by atoms with van der Waals surface area (Å²) < 4.78 is 0. The molecular formula is C14H27NO2. The van der Waals surface area contributed by atoms with E-state index in [2.05, 4.69) is 25.7 Å². The van der Waals surface area contributed by atoms with E-state index in [4.69, 9.17) is 0 Å². The van der Waals surface area contributed by atoms with E-state index in [0.29, 0.717) is 5.92 Å². The number of carboxylic acids is 1. The van der Waals surface area contributed by atoms with Crippen molar-refractivity contribution in [2.75, 3.05) is 19.6 Å². The molecule has 1 aliphatic rings. The third-order valence-corrected chi connectivity index (χ3v) is 4.20. The van der Waals surface area contributed by atoms with Gasteiger partial charge in [0.15, 0.2) is 0 Å². The number of nitrogens with zero attached hydrogens (tertiary/aromatic N) is 1. The molecule has 0 aromatic carbocycles. The summed E-state index contributed by atoms with van der Waals surface area (Å²) in [6, 6.07) is 0. The van der Waals surface area contributed by atoms with Crippen molar-refractivity contribution in [1.29, 1.82) is 0 Å². The largest absolute Gasteiger partial charge is 0.481 e.